The first kappa shape index (κ1) is 20.1. The van der Waals surface area contributed by atoms with Crippen LogP contribution in [0.25, 0.3) is 0 Å². The molecule has 0 radical (unpaired) electrons. The lowest BCUT2D eigenvalue weighted by molar-refractivity contribution is 0.0671. The number of benzene rings is 2. The largest absolute Gasteiger partial charge is 0.487 e. The fraction of sp³-hybridized carbons (Fsp3) is 0.304. The highest BCUT2D eigenvalue weighted by Crippen LogP contribution is 2.19. The van der Waals surface area contributed by atoms with Gasteiger partial charge in [0.2, 0.25) is 0 Å². The molecule has 0 fully saturated rings. The van der Waals surface area contributed by atoms with Crippen molar-refractivity contribution in [3.63, 3.8) is 0 Å². The number of aromatic nitrogens is 1. The van der Waals surface area contributed by atoms with Crippen molar-refractivity contribution in [3.05, 3.63) is 81.8 Å². The van der Waals surface area contributed by atoms with E-state index in [4.69, 9.17) is 4.74 Å². The van der Waals surface area contributed by atoms with Crippen LogP contribution in [0.4, 0.5) is 0 Å². The zero-order valence-corrected chi connectivity index (χ0v) is 17.4. The highest BCUT2D eigenvalue weighted by atomic mass is 32.1. The minimum Gasteiger partial charge on any atom is -0.487 e. The molecule has 2 aromatic carbocycles. The van der Waals surface area contributed by atoms with Gasteiger partial charge in [0.05, 0.1) is 10.7 Å². The van der Waals surface area contributed by atoms with Crippen molar-refractivity contribution in [1.29, 1.82) is 0 Å². The zero-order valence-electron chi connectivity index (χ0n) is 16.6. The first-order chi connectivity index (χ1) is 13.6. The number of nitrogens with zero attached hydrogens (tertiary/aromatic N) is 2. The van der Waals surface area contributed by atoms with Crippen LogP contribution in [0, 0.1) is 6.92 Å². The van der Waals surface area contributed by atoms with Gasteiger partial charge in [0.1, 0.15) is 12.4 Å². The van der Waals surface area contributed by atoms with Crippen LogP contribution in [-0.4, -0.2) is 21.8 Å². The molecule has 28 heavy (non-hydrogen) atoms. The Kier molecular flexibility index (Phi) is 6.82. The summed E-state index contributed by atoms with van der Waals surface area (Å²) < 4.78 is 5.78. The molecule has 1 amide bonds. The number of amides is 1. The molecular formula is C23H26N2O2S. The Balaban J connectivity index is 1.68. The monoisotopic (exact) mass is 394 g/mol. The lowest BCUT2D eigenvalue weighted by atomic mass is 10.1. The predicted molar refractivity (Wildman–Crippen MR) is 114 cm³/mol. The Bertz CT molecular complexity index is 890. The van der Waals surface area contributed by atoms with Gasteiger partial charge in [-0.1, -0.05) is 37.3 Å². The lowest BCUT2D eigenvalue weighted by Gasteiger charge is -2.29. The van der Waals surface area contributed by atoms with Crippen LogP contribution in [0.1, 0.15) is 46.9 Å². The summed E-state index contributed by atoms with van der Waals surface area (Å²) in [7, 11) is 0. The average molecular weight is 395 g/mol. The SMILES string of the molecule is CCC(C)N(Cc1ccccc1)C(=O)c1ccc(OCc2csc(C)n2)cc1. The summed E-state index contributed by atoms with van der Waals surface area (Å²) in [6.07, 6.45) is 0.910. The average Bonchev–Trinajstić information content (AvgIpc) is 3.16. The van der Waals surface area contributed by atoms with Crippen molar-refractivity contribution in [3.8, 4) is 5.75 Å². The Hall–Kier alpha value is -2.66. The summed E-state index contributed by atoms with van der Waals surface area (Å²) >= 11 is 1.61. The molecule has 1 atom stereocenters. The normalized spacial score (nSPS) is 11.8. The van der Waals surface area contributed by atoms with Gasteiger partial charge in [-0.3, -0.25) is 4.79 Å². The van der Waals surface area contributed by atoms with Gasteiger partial charge in [-0.05, 0) is 50.1 Å². The first-order valence-electron chi connectivity index (χ1n) is 9.55. The lowest BCUT2D eigenvalue weighted by Crippen LogP contribution is -2.37. The van der Waals surface area contributed by atoms with Crippen LogP contribution in [0.15, 0.2) is 60.0 Å². The maximum Gasteiger partial charge on any atom is 0.254 e. The molecule has 4 nitrogen and oxygen atoms in total. The van der Waals surface area contributed by atoms with E-state index in [1.165, 1.54) is 0 Å². The second-order valence-corrected chi connectivity index (χ2v) is 7.91. The van der Waals surface area contributed by atoms with Crippen LogP contribution >= 0.6 is 11.3 Å². The third kappa shape index (κ3) is 5.20. The number of ether oxygens (including phenoxy) is 1. The van der Waals surface area contributed by atoms with Crippen LogP contribution in [0.2, 0.25) is 0 Å². The van der Waals surface area contributed by atoms with Crippen molar-refractivity contribution >= 4 is 17.2 Å². The highest BCUT2D eigenvalue weighted by molar-refractivity contribution is 7.09. The van der Waals surface area contributed by atoms with Gasteiger partial charge in [0, 0.05) is 23.5 Å². The fourth-order valence-corrected chi connectivity index (χ4v) is 3.52. The molecule has 3 rings (SSSR count). The molecule has 1 heterocycles. The minimum atomic E-state index is 0.0416. The number of aryl methyl sites for hydroxylation is 1. The predicted octanol–water partition coefficient (Wildman–Crippen LogP) is 5.47. The fourth-order valence-electron chi connectivity index (χ4n) is 2.92. The molecule has 0 saturated carbocycles. The molecule has 0 aliphatic heterocycles. The van der Waals surface area contributed by atoms with Crippen molar-refractivity contribution in [2.75, 3.05) is 0 Å². The van der Waals surface area contributed by atoms with Gasteiger partial charge < -0.3 is 9.64 Å². The summed E-state index contributed by atoms with van der Waals surface area (Å²) in [6, 6.07) is 17.7. The number of hydrogen-bond donors (Lipinski definition) is 0. The Morgan fingerprint density at radius 1 is 1.14 bits per heavy atom. The van der Waals surface area contributed by atoms with Crippen molar-refractivity contribution in [2.45, 2.75) is 46.4 Å². The van der Waals surface area contributed by atoms with E-state index in [1.807, 2.05) is 59.7 Å². The van der Waals surface area contributed by atoms with E-state index in [9.17, 15) is 4.79 Å². The van der Waals surface area contributed by atoms with Crippen LogP contribution < -0.4 is 4.74 Å². The maximum atomic E-state index is 13.1. The molecule has 0 N–H and O–H groups in total. The summed E-state index contributed by atoms with van der Waals surface area (Å²) in [4.78, 5) is 19.4. The van der Waals surface area contributed by atoms with Gasteiger partial charge in [-0.15, -0.1) is 11.3 Å². The smallest absolute Gasteiger partial charge is 0.254 e. The number of thiazole rings is 1. The molecule has 146 valence electrons. The first-order valence-corrected chi connectivity index (χ1v) is 10.4. The standard InChI is InChI=1S/C23H26N2O2S/c1-4-17(2)25(14-19-8-6-5-7-9-19)23(26)20-10-12-22(13-11-20)27-15-21-16-28-18(3)24-21/h5-13,16-17H,4,14-15H2,1-3H3. The van der Waals surface area contributed by atoms with Crippen molar-refractivity contribution < 1.29 is 9.53 Å². The molecule has 0 aliphatic rings. The second-order valence-electron chi connectivity index (χ2n) is 6.85. The summed E-state index contributed by atoms with van der Waals surface area (Å²) in [5.74, 6) is 0.778. The van der Waals surface area contributed by atoms with E-state index in [0.717, 1.165) is 28.4 Å². The third-order valence-corrected chi connectivity index (χ3v) is 5.56. The Labute approximate surface area is 170 Å². The number of hydrogen-bond acceptors (Lipinski definition) is 4. The Morgan fingerprint density at radius 3 is 2.46 bits per heavy atom. The summed E-state index contributed by atoms with van der Waals surface area (Å²) in [5, 5.41) is 3.03. The van der Waals surface area contributed by atoms with E-state index < -0.39 is 0 Å². The van der Waals surface area contributed by atoms with Gasteiger partial charge in [0.15, 0.2) is 0 Å². The van der Waals surface area contributed by atoms with Gasteiger partial charge in [0.25, 0.3) is 5.91 Å². The van der Waals surface area contributed by atoms with Crippen LogP contribution in [0.3, 0.4) is 0 Å². The summed E-state index contributed by atoms with van der Waals surface area (Å²) in [5.41, 5.74) is 2.73. The zero-order chi connectivity index (χ0) is 19.9. The molecule has 5 heteroatoms. The molecule has 0 bridgehead atoms. The third-order valence-electron chi connectivity index (χ3n) is 4.73. The molecule has 1 unspecified atom stereocenters. The van der Waals surface area contributed by atoms with Crippen LogP contribution in [-0.2, 0) is 13.2 Å². The van der Waals surface area contributed by atoms with E-state index in [2.05, 4.69) is 31.0 Å². The molecular weight excluding hydrogens is 368 g/mol. The Morgan fingerprint density at radius 2 is 1.86 bits per heavy atom. The molecule has 0 saturated heterocycles. The minimum absolute atomic E-state index is 0.0416. The van der Waals surface area contributed by atoms with E-state index in [-0.39, 0.29) is 11.9 Å². The van der Waals surface area contributed by atoms with Gasteiger partial charge >= 0.3 is 0 Å². The molecule has 3 aromatic rings. The van der Waals surface area contributed by atoms with Gasteiger partial charge in [-0.25, -0.2) is 4.98 Å². The van der Waals surface area contributed by atoms with E-state index in [0.29, 0.717) is 18.7 Å². The van der Waals surface area contributed by atoms with Crippen molar-refractivity contribution in [2.24, 2.45) is 0 Å². The quantitative estimate of drug-likeness (QED) is 0.509. The second kappa shape index (κ2) is 9.51. The topological polar surface area (TPSA) is 42.4 Å². The number of rotatable bonds is 8. The summed E-state index contributed by atoms with van der Waals surface area (Å²) in [6.45, 7) is 7.22. The molecule has 0 spiro atoms. The highest BCUT2D eigenvalue weighted by Gasteiger charge is 2.20. The van der Waals surface area contributed by atoms with E-state index >= 15 is 0 Å². The maximum absolute atomic E-state index is 13.1. The van der Waals surface area contributed by atoms with E-state index in [1.54, 1.807) is 11.3 Å². The van der Waals surface area contributed by atoms with Crippen molar-refractivity contribution in [1.82, 2.24) is 9.88 Å². The molecule has 1 aromatic heterocycles. The number of carbonyl (C=O) groups is 1. The number of carbonyl (C=O) groups excluding carboxylic acids is 1. The molecule has 0 aliphatic carbocycles. The van der Waals surface area contributed by atoms with Crippen LogP contribution in [0.5, 0.6) is 5.75 Å². The van der Waals surface area contributed by atoms with Gasteiger partial charge in [-0.2, -0.15) is 0 Å².